The fourth-order valence-electron chi connectivity index (χ4n) is 2.92. The Balaban J connectivity index is 1.73. The minimum atomic E-state index is -1.45. The van der Waals surface area contributed by atoms with Crippen LogP contribution in [0.1, 0.15) is 20.8 Å². The summed E-state index contributed by atoms with van der Waals surface area (Å²) in [5, 5.41) is 19.8. The number of anilines is 1. The van der Waals surface area contributed by atoms with Crippen molar-refractivity contribution in [1.29, 1.82) is 0 Å². The highest BCUT2D eigenvalue weighted by Crippen LogP contribution is 2.30. The van der Waals surface area contributed by atoms with Crippen LogP contribution in [0.15, 0.2) is 24.3 Å². The Morgan fingerprint density at radius 3 is 2.48 bits per heavy atom. The molecular formula is C17H23BN2O4S. The van der Waals surface area contributed by atoms with Crippen molar-refractivity contribution in [2.24, 2.45) is 0 Å². The number of carbonyl (C=O) groups excluding carboxylic acids is 1. The predicted molar refractivity (Wildman–Crippen MR) is 102 cm³/mol. The molecular weight excluding hydrogens is 339 g/mol. The largest absolute Gasteiger partial charge is 0.499 e. The minimum Gasteiger partial charge on any atom is -0.444 e. The van der Waals surface area contributed by atoms with Crippen molar-refractivity contribution in [3.63, 3.8) is 0 Å². The molecule has 1 aromatic carbocycles. The first kappa shape index (κ1) is 18.0. The summed E-state index contributed by atoms with van der Waals surface area (Å²) < 4.78 is 6.99. The number of piperazine rings is 1. The lowest BCUT2D eigenvalue weighted by molar-refractivity contribution is 0.0240. The maximum Gasteiger partial charge on any atom is 0.499 e. The van der Waals surface area contributed by atoms with Gasteiger partial charge in [0.1, 0.15) is 5.60 Å². The van der Waals surface area contributed by atoms with Gasteiger partial charge >= 0.3 is 13.2 Å². The molecule has 0 saturated carbocycles. The molecule has 0 radical (unpaired) electrons. The summed E-state index contributed by atoms with van der Waals surface area (Å²) in [5.41, 5.74) is 0.572. The quantitative estimate of drug-likeness (QED) is 0.795. The third-order valence-electron chi connectivity index (χ3n) is 4.08. The van der Waals surface area contributed by atoms with Crippen molar-refractivity contribution in [3.8, 4) is 0 Å². The van der Waals surface area contributed by atoms with Crippen LogP contribution in [-0.4, -0.2) is 59.9 Å². The number of ether oxygens (including phenoxy) is 1. The van der Waals surface area contributed by atoms with Gasteiger partial charge in [-0.1, -0.05) is 6.07 Å². The van der Waals surface area contributed by atoms with Gasteiger partial charge in [0.2, 0.25) is 0 Å². The molecule has 6 nitrogen and oxygen atoms in total. The van der Waals surface area contributed by atoms with E-state index in [1.807, 2.05) is 45.0 Å². The number of fused-ring (bicyclic) bond motifs is 1. The van der Waals surface area contributed by atoms with E-state index in [1.165, 1.54) is 11.3 Å². The minimum absolute atomic E-state index is 0.272. The second kappa shape index (κ2) is 6.86. The molecule has 0 atom stereocenters. The lowest BCUT2D eigenvalue weighted by Gasteiger charge is -2.37. The Morgan fingerprint density at radius 2 is 1.88 bits per heavy atom. The fourth-order valence-corrected chi connectivity index (χ4v) is 3.88. The molecule has 3 rings (SSSR count). The normalized spacial score (nSPS) is 15.6. The molecule has 1 aliphatic heterocycles. The monoisotopic (exact) mass is 362 g/mol. The molecule has 25 heavy (non-hydrogen) atoms. The van der Waals surface area contributed by atoms with Gasteiger partial charge in [0, 0.05) is 46.7 Å². The van der Waals surface area contributed by atoms with Gasteiger partial charge in [0.25, 0.3) is 0 Å². The Hall–Kier alpha value is -1.77. The van der Waals surface area contributed by atoms with Crippen molar-refractivity contribution in [2.45, 2.75) is 26.4 Å². The molecule has 2 aromatic rings. The molecule has 1 saturated heterocycles. The third-order valence-corrected chi connectivity index (χ3v) is 5.22. The van der Waals surface area contributed by atoms with Crippen LogP contribution in [0.5, 0.6) is 0 Å². The van der Waals surface area contributed by atoms with Gasteiger partial charge in [-0.25, -0.2) is 4.79 Å². The average molecular weight is 362 g/mol. The zero-order valence-electron chi connectivity index (χ0n) is 14.7. The van der Waals surface area contributed by atoms with Crippen molar-refractivity contribution >= 4 is 45.1 Å². The number of hydrogen-bond acceptors (Lipinski definition) is 6. The molecule has 1 aromatic heterocycles. The average Bonchev–Trinajstić information content (AvgIpc) is 2.98. The molecule has 2 heterocycles. The summed E-state index contributed by atoms with van der Waals surface area (Å²) >= 11 is 1.38. The van der Waals surface area contributed by atoms with Crippen LogP contribution in [-0.2, 0) is 4.74 Å². The van der Waals surface area contributed by atoms with Crippen LogP contribution in [0.3, 0.4) is 0 Å². The molecule has 0 unspecified atom stereocenters. The maximum atomic E-state index is 12.2. The van der Waals surface area contributed by atoms with Crippen LogP contribution < -0.4 is 9.68 Å². The second-order valence-electron chi connectivity index (χ2n) is 7.17. The number of carbonyl (C=O) groups is 1. The Bertz CT molecular complexity index is 764. The Kier molecular flexibility index (Phi) is 4.95. The SMILES string of the molecule is CC(C)(C)OC(=O)N1CCN(c2cccc3sc(B(O)O)cc23)CC1. The van der Waals surface area contributed by atoms with E-state index in [2.05, 4.69) is 4.90 Å². The zero-order chi connectivity index (χ0) is 18.2. The Morgan fingerprint density at radius 1 is 1.20 bits per heavy atom. The molecule has 1 fully saturated rings. The number of amides is 1. The number of benzene rings is 1. The van der Waals surface area contributed by atoms with E-state index in [0.29, 0.717) is 31.0 Å². The summed E-state index contributed by atoms with van der Waals surface area (Å²) in [6, 6.07) is 7.82. The number of rotatable bonds is 2. The van der Waals surface area contributed by atoms with Crippen LogP contribution in [0, 0.1) is 0 Å². The van der Waals surface area contributed by atoms with E-state index in [-0.39, 0.29) is 6.09 Å². The molecule has 134 valence electrons. The van der Waals surface area contributed by atoms with E-state index in [4.69, 9.17) is 4.74 Å². The lowest BCUT2D eigenvalue weighted by atomic mass is 9.89. The topological polar surface area (TPSA) is 73.2 Å². The molecule has 0 aliphatic carbocycles. The van der Waals surface area contributed by atoms with Gasteiger partial charge in [0.05, 0.1) is 0 Å². The summed E-state index contributed by atoms with van der Waals surface area (Å²) in [6.45, 7) is 8.23. The maximum absolute atomic E-state index is 12.2. The highest BCUT2D eigenvalue weighted by molar-refractivity contribution is 7.28. The number of thiophene rings is 1. The smallest absolute Gasteiger partial charge is 0.444 e. The summed E-state index contributed by atoms with van der Waals surface area (Å²) in [5.74, 6) is 0. The number of nitrogens with zero attached hydrogens (tertiary/aromatic N) is 2. The van der Waals surface area contributed by atoms with E-state index >= 15 is 0 Å². The molecule has 8 heteroatoms. The summed E-state index contributed by atoms with van der Waals surface area (Å²) in [4.78, 5) is 16.1. The first-order valence-corrected chi connectivity index (χ1v) is 9.18. The third kappa shape index (κ3) is 4.08. The highest BCUT2D eigenvalue weighted by atomic mass is 32.1. The van der Waals surface area contributed by atoms with Crippen LogP contribution in [0.2, 0.25) is 0 Å². The van der Waals surface area contributed by atoms with Gasteiger partial charge in [-0.2, -0.15) is 0 Å². The highest BCUT2D eigenvalue weighted by Gasteiger charge is 2.27. The molecule has 0 bridgehead atoms. The van der Waals surface area contributed by atoms with Crippen LogP contribution >= 0.6 is 11.3 Å². The second-order valence-corrected chi connectivity index (χ2v) is 8.28. The summed E-state index contributed by atoms with van der Waals surface area (Å²) in [6.07, 6.45) is -0.272. The Labute approximate surface area is 151 Å². The van der Waals surface area contributed by atoms with Crippen molar-refractivity contribution in [2.75, 3.05) is 31.1 Å². The van der Waals surface area contributed by atoms with Gasteiger partial charge in [-0.3, -0.25) is 0 Å². The van der Waals surface area contributed by atoms with Crippen molar-refractivity contribution < 1.29 is 19.6 Å². The van der Waals surface area contributed by atoms with Gasteiger partial charge in [-0.15, -0.1) is 11.3 Å². The van der Waals surface area contributed by atoms with E-state index in [9.17, 15) is 14.8 Å². The first-order valence-electron chi connectivity index (χ1n) is 8.36. The van der Waals surface area contributed by atoms with E-state index in [1.54, 1.807) is 4.90 Å². The van der Waals surface area contributed by atoms with Gasteiger partial charge in [0.15, 0.2) is 0 Å². The van der Waals surface area contributed by atoms with E-state index < -0.39 is 12.7 Å². The molecule has 0 spiro atoms. The predicted octanol–water partition coefficient (Wildman–Crippen LogP) is 1.64. The standard InChI is InChI=1S/C17H23BN2O4S/c1-17(2,3)24-16(21)20-9-7-19(8-10-20)13-5-4-6-14-12(13)11-15(25-14)18(22)23/h4-6,11,22-23H,7-10H2,1-3H3. The van der Waals surface area contributed by atoms with E-state index in [0.717, 1.165) is 15.8 Å². The molecule has 1 aliphatic rings. The van der Waals surface area contributed by atoms with Crippen LogP contribution in [0.4, 0.5) is 10.5 Å². The summed E-state index contributed by atoms with van der Waals surface area (Å²) in [7, 11) is -1.45. The van der Waals surface area contributed by atoms with Gasteiger partial charge < -0.3 is 24.6 Å². The molecule has 2 N–H and O–H groups in total. The molecule has 1 amide bonds. The van der Waals surface area contributed by atoms with Gasteiger partial charge in [-0.05, 0) is 39.0 Å². The first-order chi connectivity index (χ1) is 11.7. The van der Waals surface area contributed by atoms with Crippen molar-refractivity contribution in [3.05, 3.63) is 24.3 Å². The zero-order valence-corrected chi connectivity index (χ0v) is 15.5. The number of hydrogen-bond donors (Lipinski definition) is 2. The van der Waals surface area contributed by atoms with Crippen LogP contribution in [0.25, 0.3) is 10.1 Å². The van der Waals surface area contributed by atoms with Crippen molar-refractivity contribution in [1.82, 2.24) is 4.90 Å². The fraction of sp³-hybridized carbons (Fsp3) is 0.471. The lowest BCUT2D eigenvalue weighted by Crippen LogP contribution is -2.50.